The highest BCUT2D eigenvalue weighted by molar-refractivity contribution is 5.66. The minimum atomic E-state index is -0.831. The summed E-state index contributed by atoms with van der Waals surface area (Å²) in [6.07, 6.45) is 1.86. The summed E-state index contributed by atoms with van der Waals surface area (Å²) >= 11 is 0. The molecule has 0 unspecified atom stereocenters. The number of halogens is 2. The summed E-state index contributed by atoms with van der Waals surface area (Å²) in [5, 5.41) is 3.22. The van der Waals surface area contributed by atoms with E-state index >= 15 is 0 Å². The van der Waals surface area contributed by atoms with Gasteiger partial charge in [0.2, 0.25) is 0 Å². The lowest BCUT2D eigenvalue weighted by Gasteiger charge is -2.35. The van der Waals surface area contributed by atoms with Crippen LogP contribution >= 0.6 is 0 Å². The first-order chi connectivity index (χ1) is 7.99. The van der Waals surface area contributed by atoms with E-state index in [0.717, 1.165) is 5.69 Å². The summed E-state index contributed by atoms with van der Waals surface area (Å²) in [7, 11) is 0. The summed E-state index contributed by atoms with van der Waals surface area (Å²) in [4.78, 5) is 0. The number of benzene rings is 1. The number of fused-ring (bicyclic) bond motifs is 3. The standard InChI is InChI=1S/C13H12F2N2/c1-13(2)12-4-3-5-17(12)11-7-9(15)8(14)6-10(11)16-13/h3-7,16H,1-2H3. The fourth-order valence-corrected chi connectivity index (χ4v) is 2.34. The molecule has 1 aliphatic heterocycles. The Morgan fingerprint density at radius 3 is 2.65 bits per heavy atom. The lowest BCUT2D eigenvalue weighted by molar-refractivity contribution is 0.502. The predicted octanol–water partition coefficient (Wildman–Crippen LogP) is 3.42. The predicted molar refractivity (Wildman–Crippen MR) is 62.3 cm³/mol. The van der Waals surface area contributed by atoms with Crippen molar-refractivity contribution in [3.8, 4) is 5.69 Å². The van der Waals surface area contributed by atoms with Gasteiger partial charge in [-0.05, 0) is 26.0 Å². The number of rotatable bonds is 0. The van der Waals surface area contributed by atoms with Crippen LogP contribution in [0.4, 0.5) is 14.5 Å². The third kappa shape index (κ3) is 1.37. The second-order valence-corrected chi connectivity index (χ2v) is 4.80. The van der Waals surface area contributed by atoms with Crippen LogP contribution in [-0.4, -0.2) is 4.57 Å². The number of nitrogens with one attached hydrogen (secondary N) is 1. The topological polar surface area (TPSA) is 17.0 Å². The summed E-state index contributed by atoms with van der Waals surface area (Å²) in [5.41, 5.74) is 1.97. The van der Waals surface area contributed by atoms with E-state index in [0.29, 0.717) is 11.4 Å². The van der Waals surface area contributed by atoms with Gasteiger partial charge in [0.15, 0.2) is 11.6 Å². The SMILES string of the molecule is CC1(C)Nc2cc(F)c(F)cc2-n2cccc21. The normalized spacial score (nSPS) is 16.0. The van der Waals surface area contributed by atoms with Crippen LogP contribution in [0.2, 0.25) is 0 Å². The summed E-state index contributed by atoms with van der Waals surface area (Å²) in [6.45, 7) is 4.01. The summed E-state index contributed by atoms with van der Waals surface area (Å²) in [6, 6.07) is 6.29. The quantitative estimate of drug-likeness (QED) is 0.739. The summed E-state index contributed by atoms with van der Waals surface area (Å²) in [5.74, 6) is -1.66. The minimum Gasteiger partial charge on any atom is -0.373 e. The Hall–Kier alpha value is -1.84. The molecule has 4 heteroatoms. The van der Waals surface area contributed by atoms with Crippen molar-refractivity contribution in [1.29, 1.82) is 0 Å². The van der Waals surface area contributed by atoms with E-state index in [9.17, 15) is 8.78 Å². The van der Waals surface area contributed by atoms with Gasteiger partial charge in [-0.3, -0.25) is 0 Å². The lowest BCUT2D eigenvalue weighted by Crippen LogP contribution is -2.34. The molecule has 2 nitrogen and oxygen atoms in total. The first-order valence-corrected chi connectivity index (χ1v) is 5.44. The van der Waals surface area contributed by atoms with Gasteiger partial charge in [-0.15, -0.1) is 0 Å². The molecular formula is C13H12F2N2. The van der Waals surface area contributed by atoms with E-state index in [4.69, 9.17) is 0 Å². The van der Waals surface area contributed by atoms with E-state index in [-0.39, 0.29) is 5.54 Å². The fourth-order valence-electron chi connectivity index (χ4n) is 2.34. The van der Waals surface area contributed by atoms with Gasteiger partial charge in [-0.1, -0.05) is 0 Å². The molecule has 1 aromatic heterocycles. The van der Waals surface area contributed by atoms with Crippen molar-refractivity contribution in [1.82, 2.24) is 4.57 Å². The molecule has 1 N–H and O–H groups in total. The van der Waals surface area contributed by atoms with Gasteiger partial charge in [0, 0.05) is 24.0 Å². The van der Waals surface area contributed by atoms with Crippen molar-refractivity contribution in [3.05, 3.63) is 47.8 Å². The van der Waals surface area contributed by atoms with Crippen LogP contribution in [0.25, 0.3) is 5.69 Å². The van der Waals surface area contributed by atoms with Crippen LogP contribution < -0.4 is 5.32 Å². The van der Waals surface area contributed by atoms with Crippen LogP contribution in [-0.2, 0) is 5.54 Å². The van der Waals surface area contributed by atoms with Gasteiger partial charge < -0.3 is 9.88 Å². The molecule has 0 radical (unpaired) electrons. The molecule has 1 aliphatic rings. The van der Waals surface area contributed by atoms with E-state index < -0.39 is 11.6 Å². The third-order valence-electron chi connectivity index (χ3n) is 3.13. The molecule has 0 saturated carbocycles. The molecule has 88 valence electrons. The van der Waals surface area contributed by atoms with Crippen molar-refractivity contribution in [2.45, 2.75) is 19.4 Å². The highest BCUT2D eigenvalue weighted by Crippen LogP contribution is 2.37. The van der Waals surface area contributed by atoms with Crippen LogP contribution in [0.1, 0.15) is 19.5 Å². The monoisotopic (exact) mass is 234 g/mol. The molecule has 0 spiro atoms. The van der Waals surface area contributed by atoms with Crippen molar-refractivity contribution >= 4 is 5.69 Å². The molecule has 2 aromatic rings. The number of nitrogens with zero attached hydrogens (tertiary/aromatic N) is 1. The van der Waals surface area contributed by atoms with Gasteiger partial charge >= 0.3 is 0 Å². The number of anilines is 1. The van der Waals surface area contributed by atoms with Crippen LogP contribution in [0.5, 0.6) is 0 Å². The van der Waals surface area contributed by atoms with Gasteiger partial charge in [-0.2, -0.15) is 0 Å². The molecule has 2 heterocycles. The van der Waals surface area contributed by atoms with E-state index in [1.165, 1.54) is 12.1 Å². The number of hydrogen-bond donors (Lipinski definition) is 1. The smallest absolute Gasteiger partial charge is 0.161 e. The van der Waals surface area contributed by atoms with Crippen molar-refractivity contribution in [2.24, 2.45) is 0 Å². The average molecular weight is 234 g/mol. The maximum atomic E-state index is 13.3. The molecule has 0 atom stereocenters. The zero-order chi connectivity index (χ0) is 12.2. The Balaban J connectivity index is 2.31. The van der Waals surface area contributed by atoms with E-state index in [2.05, 4.69) is 5.32 Å². The Morgan fingerprint density at radius 1 is 1.18 bits per heavy atom. The molecule has 17 heavy (non-hydrogen) atoms. The second kappa shape index (κ2) is 3.09. The lowest BCUT2D eigenvalue weighted by atomic mass is 9.97. The highest BCUT2D eigenvalue weighted by atomic mass is 19.2. The minimum absolute atomic E-state index is 0.305. The number of aromatic nitrogens is 1. The van der Waals surface area contributed by atoms with Crippen LogP contribution in [0.15, 0.2) is 30.5 Å². The number of hydrogen-bond acceptors (Lipinski definition) is 1. The average Bonchev–Trinajstić information content (AvgIpc) is 2.71. The molecule has 1 aromatic carbocycles. The second-order valence-electron chi connectivity index (χ2n) is 4.80. The Bertz CT molecular complexity index is 599. The van der Waals surface area contributed by atoms with Crippen molar-refractivity contribution in [3.63, 3.8) is 0 Å². The third-order valence-corrected chi connectivity index (χ3v) is 3.13. The van der Waals surface area contributed by atoms with Gasteiger partial charge in [-0.25, -0.2) is 8.78 Å². The highest BCUT2D eigenvalue weighted by Gasteiger charge is 2.30. The summed E-state index contributed by atoms with van der Waals surface area (Å²) < 4.78 is 28.4. The Kier molecular flexibility index (Phi) is 1.88. The van der Waals surface area contributed by atoms with E-state index in [1.807, 2.05) is 36.7 Å². The molecule has 0 saturated heterocycles. The Morgan fingerprint density at radius 2 is 1.88 bits per heavy atom. The fraction of sp³-hybridized carbons (Fsp3) is 0.231. The molecule has 3 rings (SSSR count). The van der Waals surface area contributed by atoms with Gasteiger partial charge in [0.05, 0.1) is 16.9 Å². The van der Waals surface area contributed by atoms with Gasteiger partial charge in [0.1, 0.15) is 0 Å². The Labute approximate surface area is 97.9 Å². The zero-order valence-electron chi connectivity index (χ0n) is 9.59. The zero-order valence-corrected chi connectivity index (χ0v) is 9.59. The van der Waals surface area contributed by atoms with E-state index in [1.54, 1.807) is 0 Å². The molecule has 0 aliphatic carbocycles. The van der Waals surface area contributed by atoms with Crippen molar-refractivity contribution < 1.29 is 8.78 Å². The maximum Gasteiger partial charge on any atom is 0.161 e. The van der Waals surface area contributed by atoms with Crippen LogP contribution in [0, 0.1) is 11.6 Å². The molecule has 0 bridgehead atoms. The molecular weight excluding hydrogens is 222 g/mol. The molecule has 0 fully saturated rings. The molecule has 0 amide bonds. The first-order valence-electron chi connectivity index (χ1n) is 5.44. The maximum absolute atomic E-state index is 13.3. The first kappa shape index (κ1) is 10.3. The van der Waals surface area contributed by atoms with Crippen LogP contribution in [0.3, 0.4) is 0 Å². The van der Waals surface area contributed by atoms with Crippen molar-refractivity contribution in [2.75, 3.05) is 5.32 Å². The largest absolute Gasteiger partial charge is 0.373 e. The van der Waals surface area contributed by atoms with Gasteiger partial charge in [0.25, 0.3) is 0 Å².